The number of carbonyl (C=O) groups excluding carboxylic acids is 1. The summed E-state index contributed by atoms with van der Waals surface area (Å²) in [7, 11) is 0. The number of aromatic nitrogens is 2. The molecule has 2 aliphatic rings. The van der Waals surface area contributed by atoms with Crippen molar-refractivity contribution in [1.82, 2.24) is 15.0 Å². The van der Waals surface area contributed by atoms with Crippen molar-refractivity contribution in [3.63, 3.8) is 0 Å². The molecule has 1 saturated carbocycles. The Hall–Kier alpha value is -1.92. The average Bonchev–Trinajstić information content (AvgIpc) is 3.42. The summed E-state index contributed by atoms with van der Waals surface area (Å²) in [5, 5.41) is 4.12. The summed E-state index contributed by atoms with van der Waals surface area (Å²) in [6.45, 7) is 1.31. The van der Waals surface area contributed by atoms with Crippen molar-refractivity contribution in [3.8, 4) is 11.4 Å². The largest absolute Gasteiger partial charge is 0.337 e. The highest BCUT2D eigenvalue weighted by Crippen LogP contribution is 2.36. The molecule has 1 amide bonds. The number of nitrogens with two attached hydrogens (primary N) is 1. The number of hydrogen-bond donors (Lipinski definition) is 1. The fraction of sp³-hybridized carbons (Fsp3) is 0.526. The standard InChI is InChI=1S/C19H24N4O2.ClH/c20-12-13-7-9-14(10-8-13)17-21-18(25-22-17)16-6-3-11-23(16)19(24)15-4-1-2-5-15;/h7-10,15-16H,1-6,11-12,20H2;1H. The quantitative estimate of drug-likeness (QED) is 0.882. The minimum atomic E-state index is -0.0716. The van der Waals surface area contributed by atoms with Crippen LogP contribution < -0.4 is 5.73 Å². The number of amides is 1. The lowest BCUT2D eigenvalue weighted by atomic mass is 10.1. The second kappa shape index (κ2) is 8.18. The predicted molar refractivity (Wildman–Crippen MR) is 101 cm³/mol. The summed E-state index contributed by atoms with van der Waals surface area (Å²) in [4.78, 5) is 19.3. The first-order valence-corrected chi connectivity index (χ1v) is 9.19. The third-order valence-electron chi connectivity index (χ3n) is 5.41. The normalized spacial score (nSPS) is 20.3. The van der Waals surface area contributed by atoms with Crippen molar-refractivity contribution in [3.05, 3.63) is 35.7 Å². The molecule has 1 atom stereocenters. The van der Waals surface area contributed by atoms with E-state index in [0.717, 1.165) is 43.4 Å². The summed E-state index contributed by atoms with van der Waals surface area (Å²) in [5.74, 6) is 1.58. The van der Waals surface area contributed by atoms with Crippen molar-refractivity contribution in [1.29, 1.82) is 0 Å². The highest BCUT2D eigenvalue weighted by molar-refractivity contribution is 5.85. The van der Waals surface area contributed by atoms with Gasteiger partial charge in [-0.3, -0.25) is 4.79 Å². The number of benzene rings is 1. The molecule has 1 unspecified atom stereocenters. The Morgan fingerprint density at radius 2 is 1.88 bits per heavy atom. The predicted octanol–water partition coefficient (Wildman–Crippen LogP) is 3.47. The van der Waals surface area contributed by atoms with Gasteiger partial charge in [-0.2, -0.15) is 4.98 Å². The van der Waals surface area contributed by atoms with Crippen LogP contribution in [0.5, 0.6) is 0 Å². The van der Waals surface area contributed by atoms with Crippen molar-refractivity contribution in [2.24, 2.45) is 11.7 Å². The van der Waals surface area contributed by atoms with Crippen LogP contribution in [0, 0.1) is 5.92 Å². The molecule has 1 aliphatic heterocycles. The van der Waals surface area contributed by atoms with Crippen LogP contribution in [0.4, 0.5) is 0 Å². The molecule has 1 aromatic heterocycles. The Bertz CT molecular complexity index is 740. The highest BCUT2D eigenvalue weighted by atomic mass is 35.5. The summed E-state index contributed by atoms with van der Waals surface area (Å²) >= 11 is 0. The molecule has 1 saturated heterocycles. The van der Waals surface area contributed by atoms with Gasteiger partial charge in [-0.15, -0.1) is 12.4 Å². The Labute approximate surface area is 159 Å². The Morgan fingerprint density at radius 1 is 1.15 bits per heavy atom. The van der Waals surface area contributed by atoms with E-state index in [1.807, 2.05) is 29.2 Å². The summed E-state index contributed by atoms with van der Waals surface area (Å²) in [6, 6.07) is 7.77. The Balaban J connectivity index is 0.00000196. The number of likely N-dealkylation sites (tertiary alicyclic amines) is 1. The first kappa shape index (κ1) is 18.9. The van der Waals surface area contributed by atoms with E-state index in [1.54, 1.807) is 0 Å². The second-order valence-electron chi connectivity index (χ2n) is 7.03. The summed E-state index contributed by atoms with van der Waals surface area (Å²) in [5.41, 5.74) is 7.60. The molecule has 140 valence electrons. The van der Waals surface area contributed by atoms with Crippen LogP contribution in [0.1, 0.15) is 56.0 Å². The van der Waals surface area contributed by atoms with Gasteiger partial charge in [-0.05, 0) is 31.2 Å². The fourth-order valence-corrected chi connectivity index (χ4v) is 3.97. The first-order chi connectivity index (χ1) is 12.3. The molecule has 2 N–H and O–H groups in total. The lowest BCUT2D eigenvalue weighted by Gasteiger charge is -2.24. The van der Waals surface area contributed by atoms with E-state index < -0.39 is 0 Å². The third-order valence-corrected chi connectivity index (χ3v) is 5.41. The van der Waals surface area contributed by atoms with Gasteiger partial charge in [-0.1, -0.05) is 42.3 Å². The number of halogens is 1. The fourth-order valence-electron chi connectivity index (χ4n) is 3.97. The first-order valence-electron chi connectivity index (χ1n) is 9.19. The molecule has 0 bridgehead atoms. The van der Waals surface area contributed by atoms with Crippen molar-refractivity contribution >= 4 is 18.3 Å². The average molecular weight is 377 g/mol. The summed E-state index contributed by atoms with van der Waals surface area (Å²) < 4.78 is 5.52. The zero-order chi connectivity index (χ0) is 17.2. The smallest absolute Gasteiger partial charge is 0.249 e. The van der Waals surface area contributed by atoms with Crippen molar-refractivity contribution < 1.29 is 9.32 Å². The molecule has 7 heteroatoms. The van der Waals surface area contributed by atoms with Gasteiger partial charge in [0.15, 0.2) is 0 Å². The van der Waals surface area contributed by atoms with Gasteiger partial charge in [0.2, 0.25) is 17.6 Å². The lowest BCUT2D eigenvalue weighted by molar-refractivity contribution is -0.136. The maximum absolute atomic E-state index is 12.8. The van der Waals surface area contributed by atoms with Crippen LogP contribution in [0.25, 0.3) is 11.4 Å². The molecular weight excluding hydrogens is 352 g/mol. The maximum Gasteiger partial charge on any atom is 0.249 e. The molecule has 2 heterocycles. The molecule has 6 nitrogen and oxygen atoms in total. The molecule has 0 spiro atoms. The second-order valence-corrected chi connectivity index (χ2v) is 7.03. The zero-order valence-electron chi connectivity index (χ0n) is 14.8. The van der Waals surface area contributed by atoms with Crippen LogP contribution in [-0.2, 0) is 11.3 Å². The zero-order valence-corrected chi connectivity index (χ0v) is 15.6. The van der Waals surface area contributed by atoms with E-state index in [2.05, 4.69) is 10.1 Å². The van der Waals surface area contributed by atoms with E-state index in [0.29, 0.717) is 18.3 Å². The summed E-state index contributed by atoms with van der Waals surface area (Å²) in [6.07, 6.45) is 6.25. The van der Waals surface area contributed by atoms with E-state index >= 15 is 0 Å². The number of carbonyl (C=O) groups is 1. The molecule has 26 heavy (non-hydrogen) atoms. The molecule has 2 aromatic rings. The minimum Gasteiger partial charge on any atom is -0.337 e. The molecule has 4 rings (SSSR count). The number of nitrogens with zero attached hydrogens (tertiary/aromatic N) is 3. The topological polar surface area (TPSA) is 85.2 Å². The van der Waals surface area contributed by atoms with Crippen molar-refractivity contribution in [2.75, 3.05) is 6.54 Å². The van der Waals surface area contributed by atoms with Crippen LogP contribution in [0.2, 0.25) is 0 Å². The van der Waals surface area contributed by atoms with E-state index in [-0.39, 0.29) is 30.3 Å². The molecular formula is C19H25ClN4O2. The van der Waals surface area contributed by atoms with Crippen molar-refractivity contribution in [2.45, 2.75) is 51.1 Å². The Morgan fingerprint density at radius 3 is 2.58 bits per heavy atom. The number of hydrogen-bond acceptors (Lipinski definition) is 5. The van der Waals surface area contributed by atoms with Gasteiger partial charge in [-0.25, -0.2) is 0 Å². The number of rotatable bonds is 4. The van der Waals surface area contributed by atoms with Crippen LogP contribution in [-0.4, -0.2) is 27.5 Å². The van der Waals surface area contributed by atoms with Gasteiger partial charge >= 0.3 is 0 Å². The molecule has 1 aromatic carbocycles. The van der Waals surface area contributed by atoms with E-state index in [4.69, 9.17) is 10.3 Å². The minimum absolute atomic E-state index is 0. The van der Waals surface area contributed by atoms with Gasteiger partial charge < -0.3 is 15.2 Å². The van der Waals surface area contributed by atoms with Crippen LogP contribution >= 0.6 is 12.4 Å². The van der Waals surface area contributed by atoms with Crippen LogP contribution in [0.15, 0.2) is 28.8 Å². The maximum atomic E-state index is 12.8. The highest BCUT2D eigenvalue weighted by Gasteiger charge is 2.37. The van der Waals surface area contributed by atoms with Gasteiger partial charge in [0, 0.05) is 24.6 Å². The van der Waals surface area contributed by atoms with E-state index in [1.165, 1.54) is 12.8 Å². The monoisotopic (exact) mass is 376 g/mol. The third kappa shape index (κ3) is 3.62. The SMILES string of the molecule is Cl.NCc1ccc(-c2noc(C3CCCN3C(=O)C3CCCC3)n2)cc1. The molecule has 1 aliphatic carbocycles. The van der Waals surface area contributed by atoms with Gasteiger partial charge in [0.05, 0.1) is 0 Å². The van der Waals surface area contributed by atoms with Gasteiger partial charge in [0.25, 0.3) is 0 Å². The molecule has 2 fully saturated rings. The van der Waals surface area contributed by atoms with Crippen LogP contribution in [0.3, 0.4) is 0 Å². The lowest BCUT2D eigenvalue weighted by Crippen LogP contribution is -2.35. The van der Waals surface area contributed by atoms with Gasteiger partial charge in [0.1, 0.15) is 6.04 Å². The molecule has 0 radical (unpaired) electrons. The Kier molecular flexibility index (Phi) is 5.94. The van der Waals surface area contributed by atoms with E-state index in [9.17, 15) is 4.79 Å².